The van der Waals surface area contributed by atoms with Gasteiger partial charge in [0.1, 0.15) is 22.5 Å². The van der Waals surface area contributed by atoms with E-state index in [0.717, 1.165) is 24.1 Å². The number of hydrogen-bond acceptors (Lipinski definition) is 7. The van der Waals surface area contributed by atoms with Gasteiger partial charge in [0.2, 0.25) is 0 Å². The number of nitrogens with zero attached hydrogens (tertiary/aromatic N) is 4. The molecule has 4 heterocycles. The number of aromatic nitrogens is 3. The van der Waals surface area contributed by atoms with Crippen molar-refractivity contribution < 1.29 is 13.9 Å². The first-order valence-corrected chi connectivity index (χ1v) is 9.57. The fourth-order valence-electron chi connectivity index (χ4n) is 3.52. The Balaban J connectivity index is 1.49. The Morgan fingerprint density at radius 3 is 3.15 bits per heavy atom. The third kappa shape index (κ3) is 2.92. The lowest BCUT2D eigenvalue weighted by molar-refractivity contribution is 0.0929. The minimum absolute atomic E-state index is 0.0235. The van der Waals surface area contributed by atoms with E-state index in [0.29, 0.717) is 40.9 Å². The number of halogens is 1. The summed E-state index contributed by atoms with van der Waals surface area (Å²) in [6, 6.07) is 4.78. The van der Waals surface area contributed by atoms with E-state index in [4.69, 9.17) is 4.74 Å². The van der Waals surface area contributed by atoms with E-state index in [2.05, 4.69) is 20.3 Å². The van der Waals surface area contributed by atoms with E-state index in [1.165, 1.54) is 23.7 Å². The Bertz CT molecular complexity index is 1030. The second kappa shape index (κ2) is 6.50. The normalized spacial score (nSPS) is 18.9. The minimum Gasteiger partial charge on any atom is -0.379 e. The van der Waals surface area contributed by atoms with Gasteiger partial charge in [0, 0.05) is 18.8 Å². The molecule has 5 rings (SSSR count). The molecule has 2 aliphatic heterocycles. The number of benzene rings is 1. The number of hydrogen-bond donors (Lipinski definition) is 1. The highest BCUT2D eigenvalue weighted by atomic mass is 32.1. The van der Waals surface area contributed by atoms with Gasteiger partial charge in [0.15, 0.2) is 10.8 Å². The Hall–Kier alpha value is -2.65. The number of fused-ring (bicyclic) bond motifs is 2. The highest BCUT2D eigenvalue weighted by molar-refractivity contribution is 7.19. The number of carbonyl (C=O) groups is 1. The van der Waals surface area contributed by atoms with Gasteiger partial charge in [0.25, 0.3) is 5.91 Å². The maximum absolute atomic E-state index is 13.5. The topological polar surface area (TPSA) is 80.2 Å². The number of ether oxygens (including phenoxy) is 1. The van der Waals surface area contributed by atoms with Crippen LogP contribution in [-0.4, -0.2) is 46.7 Å². The Morgan fingerprint density at radius 2 is 2.30 bits per heavy atom. The van der Waals surface area contributed by atoms with E-state index in [1.54, 1.807) is 12.1 Å². The Labute approximate surface area is 158 Å². The molecule has 1 unspecified atom stereocenters. The molecule has 0 bridgehead atoms. The molecule has 2 aromatic heterocycles. The number of rotatable bonds is 3. The first kappa shape index (κ1) is 16.5. The lowest BCUT2D eigenvalue weighted by atomic mass is 10.2. The highest BCUT2D eigenvalue weighted by Crippen LogP contribution is 2.37. The van der Waals surface area contributed by atoms with Crippen LogP contribution in [0.15, 0.2) is 24.5 Å². The summed E-state index contributed by atoms with van der Waals surface area (Å²) in [4.78, 5) is 28.4. The average Bonchev–Trinajstić information content (AvgIpc) is 3.40. The van der Waals surface area contributed by atoms with E-state index >= 15 is 0 Å². The van der Waals surface area contributed by atoms with Crippen LogP contribution in [0.3, 0.4) is 0 Å². The first-order valence-electron chi connectivity index (χ1n) is 8.75. The molecule has 1 fully saturated rings. The summed E-state index contributed by atoms with van der Waals surface area (Å²) in [5.74, 6) is 0.181. The van der Waals surface area contributed by atoms with Crippen LogP contribution in [0, 0.1) is 5.82 Å². The molecular weight excluding hydrogens is 369 g/mol. The monoisotopic (exact) mass is 385 g/mol. The van der Waals surface area contributed by atoms with Gasteiger partial charge in [-0.15, -0.1) is 0 Å². The van der Waals surface area contributed by atoms with Crippen molar-refractivity contribution in [3.05, 3.63) is 40.9 Å². The van der Waals surface area contributed by atoms with Crippen LogP contribution in [0.5, 0.6) is 0 Å². The predicted molar refractivity (Wildman–Crippen MR) is 99.0 cm³/mol. The van der Waals surface area contributed by atoms with Crippen molar-refractivity contribution >= 4 is 39.1 Å². The maximum Gasteiger partial charge on any atom is 0.280 e. The summed E-state index contributed by atoms with van der Waals surface area (Å²) in [5.41, 5.74) is 2.45. The summed E-state index contributed by atoms with van der Waals surface area (Å²) in [6.07, 6.45) is 3.02. The Kier molecular flexibility index (Phi) is 3.98. The second-order valence-electron chi connectivity index (χ2n) is 6.58. The van der Waals surface area contributed by atoms with Crippen LogP contribution < -0.4 is 10.2 Å². The third-order valence-electron chi connectivity index (χ3n) is 4.83. The van der Waals surface area contributed by atoms with Crippen molar-refractivity contribution in [1.29, 1.82) is 0 Å². The van der Waals surface area contributed by atoms with Crippen LogP contribution in [0.2, 0.25) is 0 Å². The zero-order chi connectivity index (χ0) is 18.4. The van der Waals surface area contributed by atoms with E-state index in [-0.39, 0.29) is 17.8 Å². The van der Waals surface area contributed by atoms with Gasteiger partial charge in [-0.3, -0.25) is 4.79 Å². The van der Waals surface area contributed by atoms with Crippen molar-refractivity contribution in [3.8, 4) is 0 Å². The van der Waals surface area contributed by atoms with Crippen LogP contribution in [0.4, 0.5) is 15.9 Å². The van der Waals surface area contributed by atoms with Gasteiger partial charge in [-0.2, -0.15) is 0 Å². The summed E-state index contributed by atoms with van der Waals surface area (Å²) >= 11 is 1.24. The van der Waals surface area contributed by atoms with E-state index in [1.807, 2.05) is 4.90 Å². The zero-order valence-corrected chi connectivity index (χ0v) is 15.1. The van der Waals surface area contributed by atoms with Crippen molar-refractivity contribution in [2.24, 2.45) is 0 Å². The van der Waals surface area contributed by atoms with Gasteiger partial charge in [0.05, 0.1) is 12.6 Å². The second-order valence-corrected chi connectivity index (χ2v) is 7.56. The molecule has 27 heavy (non-hydrogen) atoms. The molecule has 7 nitrogen and oxygen atoms in total. The number of carbonyl (C=O) groups excluding carboxylic acids is 1. The van der Waals surface area contributed by atoms with Crippen molar-refractivity contribution in [2.45, 2.75) is 18.9 Å². The van der Waals surface area contributed by atoms with Gasteiger partial charge < -0.3 is 15.0 Å². The molecule has 0 aliphatic carbocycles. The first-order chi connectivity index (χ1) is 13.2. The van der Waals surface area contributed by atoms with Crippen LogP contribution in [-0.2, 0) is 11.2 Å². The lowest BCUT2D eigenvalue weighted by Crippen LogP contribution is -2.34. The number of anilines is 2. The van der Waals surface area contributed by atoms with Crippen molar-refractivity contribution in [3.63, 3.8) is 0 Å². The van der Waals surface area contributed by atoms with E-state index in [9.17, 15) is 9.18 Å². The maximum atomic E-state index is 13.5. The third-order valence-corrected chi connectivity index (χ3v) is 5.79. The summed E-state index contributed by atoms with van der Waals surface area (Å²) < 4.78 is 18.8. The average molecular weight is 385 g/mol. The summed E-state index contributed by atoms with van der Waals surface area (Å²) in [6.45, 7) is 1.88. The molecule has 0 spiro atoms. The summed E-state index contributed by atoms with van der Waals surface area (Å²) in [7, 11) is 0. The Morgan fingerprint density at radius 1 is 1.37 bits per heavy atom. The molecule has 1 aromatic carbocycles. The molecule has 1 atom stereocenters. The fraction of sp³-hybridized carbons (Fsp3) is 0.333. The number of nitrogens with one attached hydrogen (secondary N) is 1. The minimum atomic E-state index is -0.244. The van der Waals surface area contributed by atoms with Crippen LogP contribution in [0.1, 0.15) is 21.8 Å². The smallest absolute Gasteiger partial charge is 0.280 e. The van der Waals surface area contributed by atoms with Crippen molar-refractivity contribution in [2.75, 3.05) is 24.7 Å². The van der Waals surface area contributed by atoms with Crippen LogP contribution >= 0.6 is 11.3 Å². The SMILES string of the molecule is O=C(NC1CCOC1)c1nc2c(N3CCc4cc(F)ccc43)ncnc2s1. The quantitative estimate of drug-likeness (QED) is 0.746. The van der Waals surface area contributed by atoms with Gasteiger partial charge >= 0.3 is 0 Å². The van der Waals surface area contributed by atoms with Crippen LogP contribution in [0.25, 0.3) is 10.3 Å². The highest BCUT2D eigenvalue weighted by Gasteiger charge is 2.26. The predicted octanol–water partition coefficient (Wildman–Crippen LogP) is 2.44. The van der Waals surface area contributed by atoms with Crippen molar-refractivity contribution in [1.82, 2.24) is 20.3 Å². The molecule has 0 radical (unpaired) electrons. The molecule has 138 valence electrons. The van der Waals surface area contributed by atoms with Gasteiger partial charge in [-0.25, -0.2) is 19.3 Å². The molecule has 9 heteroatoms. The fourth-order valence-corrected chi connectivity index (χ4v) is 4.33. The zero-order valence-electron chi connectivity index (χ0n) is 14.3. The number of thiazole rings is 1. The molecular formula is C18H16FN5O2S. The lowest BCUT2D eigenvalue weighted by Gasteiger charge is -2.18. The molecule has 1 amide bonds. The molecule has 3 aromatic rings. The molecule has 1 N–H and O–H groups in total. The number of amides is 1. The van der Waals surface area contributed by atoms with E-state index < -0.39 is 0 Å². The molecule has 2 aliphatic rings. The standard InChI is InChI=1S/C18H16FN5O2S/c19-11-1-2-13-10(7-11)3-5-24(13)15-14-17(21-9-20-15)27-18(23-14)16(25)22-12-4-6-26-8-12/h1-2,7,9,12H,3-6,8H2,(H,22,25). The largest absolute Gasteiger partial charge is 0.379 e. The summed E-state index contributed by atoms with van der Waals surface area (Å²) in [5, 5.41) is 3.31. The van der Waals surface area contributed by atoms with Gasteiger partial charge in [-0.05, 0) is 36.6 Å². The van der Waals surface area contributed by atoms with Gasteiger partial charge in [-0.1, -0.05) is 11.3 Å². The molecule has 0 saturated carbocycles. The molecule has 1 saturated heterocycles.